The predicted octanol–water partition coefficient (Wildman–Crippen LogP) is 5.67. The summed E-state index contributed by atoms with van der Waals surface area (Å²) in [6.07, 6.45) is 8.41. The van der Waals surface area contributed by atoms with Gasteiger partial charge in [-0.3, -0.25) is 4.68 Å². The maximum absolute atomic E-state index is 6.06. The van der Waals surface area contributed by atoms with E-state index in [-0.39, 0.29) is 0 Å². The van der Waals surface area contributed by atoms with Crippen LogP contribution in [0.4, 0.5) is 0 Å². The maximum atomic E-state index is 6.06. The van der Waals surface area contributed by atoms with Gasteiger partial charge in [0.2, 0.25) is 5.89 Å². The minimum absolute atomic E-state index is 0.340. The lowest BCUT2D eigenvalue weighted by Crippen LogP contribution is -1.99. The van der Waals surface area contributed by atoms with Gasteiger partial charge in [0.05, 0.1) is 6.20 Å². The Morgan fingerprint density at radius 1 is 1.06 bits per heavy atom. The molecule has 0 atom stereocenters. The predicted molar refractivity (Wildman–Crippen MR) is 123 cm³/mol. The second kappa shape index (κ2) is 9.28. The Hall–Kier alpha value is -3.58. The van der Waals surface area contributed by atoms with Crippen molar-refractivity contribution in [1.29, 1.82) is 0 Å². The molecule has 7 nitrogen and oxygen atoms in total. The van der Waals surface area contributed by atoms with Crippen LogP contribution in [0.2, 0.25) is 5.02 Å². The lowest BCUT2D eigenvalue weighted by atomic mass is 10.1. The molecule has 0 aliphatic carbocycles. The van der Waals surface area contributed by atoms with E-state index >= 15 is 0 Å². The number of rotatable bonds is 9. The molecule has 2 aromatic carbocycles. The summed E-state index contributed by atoms with van der Waals surface area (Å²) in [4.78, 5) is 7.82. The Kier molecular flexibility index (Phi) is 5.89. The van der Waals surface area contributed by atoms with Gasteiger partial charge in [-0.25, -0.2) is 4.98 Å². The van der Waals surface area contributed by atoms with Gasteiger partial charge in [-0.1, -0.05) is 35.0 Å². The Morgan fingerprint density at radius 3 is 2.81 bits per heavy atom. The van der Waals surface area contributed by atoms with Crippen molar-refractivity contribution in [2.75, 3.05) is 0 Å². The molecule has 32 heavy (non-hydrogen) atoms. The normalized spacial score (nSPS) is 11.3. The largest absolute Gasteiger partial charge is 0.487 e. The molecule has 0 fully saturated rings. The minimum Gasteiger partial charge on any atom is -0.487 e. The molecule has 0 aliphatic heterocycles. The number of ether oxygens (including phenoxy) is 1. The number of hydrogen-bond acceptors (Lipinski definition) is 5. The van der Waals surface area contributed by atoms with Crippen LogP contribution >= 0.6 is 11.6 Å². The number of nitrogens with zero attached hydrogens (tertiary/aromatic N) is 4. The van der Waals surface area contributed by atoms with Crippen molar-refractivity contribution in [3.63, 3.8) is 0 Å². The van der Waals surface area contributed by atoms with E-state index in [1.807, 2.05) is 47.3 Å². The van der Waals surface area contributed by atoms with Crippen molar-refractivity contribution in [1.82, 2.24) is 25.0 Å². The zero-order chi connectivity index (χ0) is 21.8. The number of hydrogen-bond donors (Lipinski definition) is 1. The Labute approximate surface area is 190 Å². The van der Waals surface area contributed by atoms with Crippen molar-refractivity contribution >= 4 is 22.5 Å². The van der Waals surface area contributed by atoms with Crippen molar-refractivity contribution < 1.29 is 9.15 Å². The summed E-state index contributed by atoms with van der Waals surface area (Å²) < 4.78 is 13.4. The number of unbranched alkanes of at least 4 members (excludes halogenated alkanes) is 1. The van der Waals surface area contributed by atoms with Gasteiger partial charge in [-0.05, 0) is 55.2 Å². The van der Waals surface area contributed by atoms with Crippen molar-refractivity contribution in [2.24, 2.45) is 0 Å². The van der Waals surface area contributed by atoms with Crippen LogP contribution in [0.3, 0.4) is 0 Å². The van der Waals surface area contributed by atoms with Crippen molar-refractivity contribution in [3.05, 3.63) is 83.5 Å². The first-order valence-electron chi connectivity index (χ1n) is 10.5. The molecule has 3 aromatic heterocycles. The highest BCUT2D eigenvalue weighted by Gasteiger charge is 2.11. The molecule has 5 aromatic rings. The van der Waals surface area contributed by atoms with Gasteiger partial charge >= 0.3 is 0 Å². The zero-order valence-corrected chi connectivity index (χ0v) is 18.1. The number of aromatic amines is 1. The van der Waals surface area contributed by atoms with Gasteiger partial charge in [0.15, 0.2) is 0 Å². The highest BCUT2D eigenvalue weighted by Crippen LogP contribution is 2.26. The molecule has 0 saturated heterocycles. The standard InChI is InChI=1S/C24H22ClN5O2/c25-19-7-6-18-13-23(28-22(18)14-19)24-27-20(16-32-24)15-31-21-8-4-17(5-9-21)3-1-2-11-30-12-10-26-29-30/h4-10,12-14,16,28H,1-3,11,15H2. The molecule has 5 rings (SSSR count). The van der Waals surface area contributed by atoms with Gasteiger partial charge in [0.25, 0.3) is 0 Å². The SMILES string of the molecule is Clc1ccc2cc(-c3nc(COc4ccc(CCCCn5ccnn5)cc4)co3)[nH]c2c1. The van der Waals surface area contributed by atoms with E-state index in [9.17, 15) is 0 Å². The molecule has 0 aliphatic rings. The second-order valence-electron chi connectivity index (χ2n) is 7.61. The average molecular weight is 448 g/mol. The first kappa shape index (κ1) is 20.3. The summed E-state index contributed by atoms with van der Waals surface area (Å²) in [5.74, 6) is 1.33. The topological polar surface area (TPSA) is 81.8 Å². The number of halogens is 1. The molecule has 0 bridgehead atoms. The first-order valence-corrected chi connectivity index (χ1v) is 10.9. The van der Waals surface area contributed by atoms with Crippen LogP contribution < -0.4 is 4.74 Å². The lowest BCUT2D eigenvalue weighted by molar-refractivity contribution is 0.301. The summed E-state index contributed by atoms with van der Waals surface area (Å²) >= 11 is 6.06. The number of aryl methyl sites for hydroxylation is 2. The van der Waals surface area contributed by atoms with E-state index < -0.39 is 0 Å². The van der Waals surface area contributed by atoms with Crippen LogP contribution in [0, 0.1) is 0 Å². The molecule has 0 amide bonds. The van der Waals surface area contributed by atoms with Crippen LogP contribution in [0.5, 0.6) is 5.75 Å². The highest BCUT2D eigenvalue weighted by atomic mass is 35.5. The first-order chi connectivity index (χ1) is 15.7. The third-order valence-corrected chi connectivity index (χ3v) is 5.49. The molecule has 3 heterocycles. The molecule has 0 spiro atoms. The number of oxazole rings is 1. The fourth-order valence-electron chi connectivity index (χ4n) is 3.58. The van der Waals surface area contributed by atoms with Gasteiger partial charge in [-0.2, -0.15) is 0 Å². The molecule has 8 heteroatoms. The Bertz CT molecular complexity index is 1290. The van der Waals surface area contributed by atoms with Crippen LogP contribution in [0.1, 0.15) is 24.1 Å². The van der Waals surface area contributed by atoms with Gasteiger partial charge in [0, 0.05) is 28.7 Å². The Balaban J connectivity index is 1.12. The fourth-order valence-corrected chi connectivity index (χ4v) is 3.75. The van der Waals surface area contributed by atoms with Crippen LogP contribution in [0.25, 0.3) is 22.5 Å². The number of aromatic nitrogens is 5. The van der Waals surface area contributed by atoms with E-state index in [2.05, 4.69) is 32.4 Å². The highest BCUT2D eigenvalue weighted by molar-refractivity contribution is 6.31. The quantitative estimate of drug-likeness (QED) is 0.294. The second-order valence-corrected chi connectivity index (χ2v) is 8.05. The summed E-state index contributed by atoms with van der Waals surface area (Å²) in [5, 5.41) is 9.54. The van der Waals surface area contributed by atoms with Crippen LogP contribution in [-0.2, 0) is 19.6 Å². The number of fused-ring (bicyclic) bond motifs is 1. The smallest absolute Gasteiger partial charge is 0.243 e. The average Bonchev–Trinajstić information content (AvgIpc) is 3.56. The molecule has 0 saturated carbocycles. The molecule has 1 N–H and O–H groups in total. The Morgan fingerprint density at radius 2 is 1.97 bits per heavy atom. The van der Waals surface area contributed by atoms with Gasteiger partial charge in [-0.15, -0.1) is 5.10 Å². The molecular weight excluding hydrogens is 426 g/mol. The summed E-state index contributed by atoms with van der Waals surface area (Å²) in [5.41, 5.74) is 3.77. The third kappa shape index (κ3) is 4.84. The maximum Gasteiger partial charge on any atom is 0.243 e. The van der Waals surface area contributed by atoms with Crippen LogP contribution in [0.15, 0.2) is 71.6 Å². The van der Waals surface area contributed by atoms with Gasteiger partial charge in [0.1, 0.15) is 30.0 Å². The monoisotopic (exact) mass is 447 g/mol. The van der Waals surface area contributed by atoms with Crippen molar-refractivity contribution in [3.8, 4) is 17.3 Å². The fraction of sp³-hybridized carbons (Fsp3) is 0.208. The number of benzene rings is 2. The van der Waals surface area contributed by atoms with E-state index in [0.717, 1.165) is 53.8 Å². The minimum atomic E-state index is 0.340. The van der Waals surface area contributed by atoms with E-state index in [1.54, 1.807) is 12.5 Å². The number of nitrogens with one attached hydrogen (secondary N) is 1. The summed E-state index contributed by atoms with van der Waals surface area (Å²) in [6.45, 7) is 1.24. The van der Waals surface area contributed by atoms with Crippen molar-refractivity contribution in [2.45, 2.75) is 32.4 Å². The van der Waals surface area contributed by atoms with E-state index in [0.29, 0.717) is 17.5 Å². The molecule has 0 unspecified atom stereocenters. The number of H-pyrrole nitrogens is 1. The summed E-state index contributed by atoms with van der Waals surface area (Å²) in [7, 11) is 0. The van der Waals surface area contributed by atoms with E-state index in [4.69, 9.17) is 20.8 Å². The van der Waals surface area contributed by atoms with E-state index in [1.165, 1.54) is 5.56 Å². The van der Waals surface area contributed by atoms with Crippen LogP contribution in [-0.4, -0.2) is 25.0 Å². The zero-order valence-electron chi connectivity index (χ0n) is 17.4. The molecular formula is C24H22ClN5O2. The molecule has 162 valence electrons. The molecule has 0 radical (unpaired) electrons. The van der Waals surface area contributed by atoms with Gasteiger partial charge < -0.3 is 14.1 Å². The third-order valence-electron chi connectivity index (χ3n) is 5.25. The summed E-state index contributed by atoms with van der Waals surface area (Å²) in [6, 6.07) is 15.9. The lowest BCUT2D eigenvalue weighted by Gasteiger charge is -2.06.